The van der Waals surface area contributed by atoms with E-state index in [0.717, 1.165) is 16.5 Å². The first-order chi connectivity index (χ1) is 21.0. The lowest BCUT2D eigenvalue weighted by molar-refractivity contribution is -0.135. The number of halogens is 1. The van der Waals surface area contributed by atoms with Crippen molar-refractivity contribution in [3.05, 3.63) is 83.4 Å². The summed E-state index contributed by atoms with van der Waals surface area (Å²) in [5.74, 6) is 4.68. The van der Waals surface area contributed by atoms with Crippen LogP contribution in [-0.4, -0.2) is 67.2 Å². The molecule has 1 N–H and O–H groups in total. The molecule has 4 amide bonds. The molecule has 0 spiro atoms. The molecule has 1 aromatic heterocycles. The van der Waals surface area contributed by atoms with Gasteiger partial charge in [-0.3, -0.25) is 9.59 Å². The molecular weight excluding hydrogens is 579 g/mol. The number of benzene rings is 2. The van der Waals surface area contributed by atoms with Crippen LogP contribution in [0.1, 0.15) is 28.4 Å². The molecule has 0 bridgehead atoms. The summed E-state index contributed by atoms with van der Waals surface area (Å²) in [5.41, 5.74) is 0.985. The van der Waals surface area contributed by atoms with Crippen LogP contribution >= 0.6 is 0 Å². The number of urea groups is 1. The number of carbonyl (C=O) groups is 3. The molecule has 3 aromatic rings. The van der Waals surface area contributed by atoms with Crippen LogP contribution in [0.3, 0.4) is 0 Å². The molecule has 11 heteroatoms. The SMILES string of the molecule is CC#CCOc1ccc2c(c1)C(=O)N(C[C@@]1(c3ccc(-c4cccnc4F)cc3)NC(=O)N(COCC[Si](C)(C)C)C1=O)C2. The Labute approximate surface area is 257 Å². The van der Waals surface area contributed by atoms with E-state index in [1.165, 1.54) is 6.20 Å². The minimum atomic E-state index is -1.58. The molecule has 2 aliphatic rings. The fourth-order valence-electron chi connectivity index (χ4n) is 5.24. The van der Waals surface area contributed by atoms with E-state index in [4.69, 9.17) is 9.47 Å². The number of pyridine rings is 1. The van der Waals surface area contributed by atoms with Crippen molar-refractivity contribution in [2.24, 2.45) is 0 Å². The lowest BCUT2D eigenvalue weighted by Crippen LogP contribution is -2.53. The van der Waals surface area contributed by atoms with E-state index in [1.54, 1.807) is 60.4 Å². The topological polar surface area (TPSA) is 101 Å². The van der Waals surface area contributed by atoms with E-state index in [-0.39, 0.29) is 32.3 Å². The summed E-state index contributed by atoms with van der Waals surface area (Å²) in [4.78, 5) is 47.4. The normalized spacial score (nSPS) is 17.8. The molecule has 228 valence electrons. The van der Waals surface area contributed by atoms with Crippen LogP contribution in [0.2, 0.25) is 25.7 Å². The summed E-state index contributed by atoms with van der Waals surface area (Å²) >= 11 is 0. The Bertz CT molecular complexity index is 1650. The Morgan fingerprint density at radius 1 is 1.07 bits per heavy atom. The molecule has 3 heterocycles. The van der Waals surface area contributed by atoms with Gasteiger partial charge in [-0.05, 0) is 53.9 Å². The number of rotatable bonds is 11. The molecule has 2 aliphatic heterocycles. The summed E-state index contributed by atoms with van der Waals surface area (Å²) in [6.45, 7) is 8.93. The molecule has 5 rings (SSSR count). The van der Waals surface area contributed by atoms with Gasteiger partial charge in [0.1, 0.15) is 19.1 Å². The maximum absolute atomic E-state index is 14.4. The Kier molecular flexibility index (Phi) is 8.85. The fraction of sp³-hybridized carbons (Fsp3) is 0.333. The number of aromatic nitrogens is 1. The van der Waals surface area contributed by atoms with E-state index in [9.17, 15) is 18.8 Å². The number of carbonyl (C=O) groups excluding carboxylic acids is 3. The molecule has 1 fully saturated rings. The third-order valence-electron chi connectivity index (χ3n) is 7.72. The van der Waals surface area contributed by atoms with E-state index in [0.29, 0.717) is 34.6 Å². The summed E-state index contributed by atoms with van der Waals surface area (Å²) in [5, 5.41) is 2.88. The van der Waals surface area contributed by atoms with Crippen molar-refractivity contribution >= 4 is 25.9 Å². The maximum atomic E-state index is 14.4. The second-order valence-electron chi connectivity index (χ2n) is 12.0. The largest absolute Gasteiger partial charge is 0.481 e. The molecule has 0 aliphatic carbocycles. The summed E-state index contributed by atoms with van der Waals surface area (Å²) < 4.78 is 25.8. The first-order valence-corrected chi connectivity index (χ1v) is 18.1. The molecule has 0 saturated carbocycles. The second kappa shape index (κ2) is 12.6. The Hall–Kier alpha value is -4.53. The molecule has 1 atom stereocenters. The summed E-state index contributed by atoms with van der Waals surface area (Å²) in [6, 6.07) is 15.5. The van der Waals surface area contributed by atoms with E-state index >= 15 is 0 Å². The first kappa shape index (κ1) is 30.9. The smallest absolute Gasteiger partial charge is 0.327 e. The number of hydrogen-bond donors (Lipinski definition) is 1. The highest BCUT2D eigenvalue weighted by atomic mass is 28.3. The van der Waals surface area contributed by atoms with Gasteiger partial charge in [0.2, 0.25) is 5.95 Å². The van der Waals surface area contributed by atoms with Crippen molar-refractivity contribution in [3.8, 4) is 28.7 Å². The van der Waals surface area contributed by atoms with Gasteiger partial charge >= 0.3 is 6.03 Å². The van der Waals surface area contributed by atoms with Crippen LogP contribution in [0, 0.1) is 17.8 Å². The average Bonchev–Trinajstić information content (AvgIpc) is 3.43. The number of nitrogens with one attached hydrogen (secondary N) is 1. The van der Waals surface area contributed by atoms with Crippen LogP contribution in [0.15, 0.2) is 60.8 Å². The monoisotopic (exact) mass is 614 g/mol. The van der Waals surface area contributed by atoms with Crippen LogP contribution < -0.4 is 10.1 Å². The van der Waals surface area contributed by atoms with Gasteiger partial charge in [-0.25, -0.2) is 14.7 Å². The Morgan fingerprint density at radius 2 is 1.84 bits per heavy atom. The van der Waals surface area contributed by atoms with Gasteiger partial charge in [-0.1, -0.05) is 55.9 Å². The van der Waals surface area contributed by atoms with Gasteiger partial charge in [-0.15, -0.1) is 5.92 Å². The number of imide groups is 1. The minimum Gasteiger partial charge on any atom is -0.481 e. The van der Waals surface area contributed by atoms with Crippen molar-refractivity contribution in [3.63, 3.8) is 0 Å². The van der Waals surface area contributed by atoms with Crippen LogP contribution in [-0.2, 0) is 21.6 Å². The number of fused-ring (bicyclic) bond motifs is 1. The third kappa shape index (κ3) is 6.37. The van der Waals surface area contributed by atoms with Crippen LogP contribution in [0.4, 0.5) is 9.18 Å². The third-order valence-corrected chi connectivity index (χ3v) is 9.42. The van der Waals surface area contributed by atoms with E-state index < -0.39 is 31.5 Å². The Morgan fingerprint density at radius 3 is 2.55 bits per heavy atom. The highest BCUT2D eigenvalue weighted by Crippen LogP contribution is 2.36. The number of amides is 4. The van der Waals surface area contributed by atoms with E-state index in [1.807, 2.05) is 6.07 Å². The van der Waals surface area contributed by atoms with Gasteiger partial charge in [-0.2, -0.15) is 4.39 Å². The quantitative estimate of drug-likeness (QED) is 0.107. The minimum absolute atomic E-state index is 0.116. The predicted octanol–water partition coefficient (Wildman–Crippen LogP) is 5.01. The molecule has 9 nitrogen and oxygen atoms in total. The van der Waals surface area contributed by atoms with Gasteiger partial charge in [0.25, 0.3) is 11.8 Å². The van der Waals surface area contributed by atoms with Gasteiger partial charge < -0.3 is 19.7 Å². The zero-order chi connectivity index (χ0) is 31.5. The molecule has 1 saturated heterocycles. The van der Waals surface area contributed by atoms with Crippen molar-refractivity contribution in [1.82, 2.24) is 20.1 Å². The highest BCUT2D eigenvalue weighted by molar-refractivity contribution is 6.76. The van der Waals surface area contributed by atoms with E-state index in [2.05, 4.69) is 41.8 Å². The van der Waals surface area contributed by atoms with Gasteiger partial charge in [0.05, 0.1) is 6.54 Å². The first-order valence-electron chi connectivity index (χ1n) is 14.4. The van der Waals surface area contributed by atoms with Gasteiger partial charge in [0, 0.05) is 38.5 Å². The molecule has 0 radical (unpaired) electrons. The van der Waals surface area contributed by atoms with Crippen LogP contribution in [0.25, 0.3) is 11.1 Å². The lowest BCUT2D eigenvalue weighted by atomic mass is 9.87. The van der Waals surface area contributed by atoms with Crippen molar-refractivity contribution < 1.29 is 28.2 Å². The standard InChI is InChI=1S/C33H35FN4O5Si/c1-5-6-16-43-26-14-11-24-20-37(30(39)28(24)19-26)21-33(25-12-9-23(10-13-25)27-8-7-15-35-29(27)34)31(40)38(32(41)36-33)22-42-17-18-44(2,3)4/h7-15,19H,16-18,20-22H2,1-4H3,(H,36,41)/t33-/m0/s1. The molecule has 44 heavy (non-hydrogen) atoms. The van der Waals surface area contributed by atoms with Gasteiger partial charge in [0.15, 0.2) is 5.54 Å². The summed E-state index contributed by atoms with van der Waals surface area (Å²) in [7, 11) is -1.38. The molecule has 0 unspecified atom stereocenters. The predicted molar refractivity (Wildman–Crippen MR) is 166 cm³/mol. The maximum Gasteiger partial charge on any atom is 0.327 e. The van der Waals surface area contributed by atoms with Crippen molar-refractivity contribution in [2.75, 3.05) is 26.5 Å². The number of ether oxygens (including phenoxy) is 2. The molecule has 2 aromatic carbocycles. The second-order valence-corrected chi connectivity index (χ2v) is 17.7. The van der Waals surface area contributed by atoms with Crippen molar-refractivity contribution in [1.29, 1.82) is 0 Å². The van der Waals surface area contributed by atoms with Crippen molar-refractivity contribution in [2.45, 2.75) is 44.7 Å². The fourth-order valence-corrected chi connectivity index (χ4v) is 6.00. The lowest BCUT2D eigenvalue weighted by Gasteiger charge is -2.32. The summed E-state index contributed by atoms with van der Waals surface area (Å²) in [6.07, 6.45) is 1.37. The van der Waals surface area contributed by atoms with Crippen LogP contribution in [0.5, 0.6) is 5.75 Å². The average molecular weight is 615 g/mol. The number of nitrogens with zero attached hydrogens (tertiary/aromatic N) is 3. The highest BCUT2D eigenvalue weighted by Gasteiger charge is 2.54. The zero-order valence-electron chi connectivity index (χ0n) is 25.3. The number of hydrogen-bond acceptors (Lipinski definition) is 6. The Balaban J connectivity index is 1.44. The zero-order valence-corrected chi connectivity index (χ0v) is 26.3. The molecular formula is C33H35FN4O5Si.